The van der Waals surface area contributed by atoms with Gasteiger partial charge in [0.2, 0.25) is 0 Å². The fourth-order valence-electron chi connectivity index (χ4n) is 0.926. The lowest BCUT2D eigenvalue weighted by Crippen LogP contribution is -1.96. The number of aryl methyl sites for hydroxylation is 1. The maximum Gasteiger partial charge on any atom is 0.176 e. The Morgan fingerprint density at radius 2 is 2.42 bits per heavy atom. The lowest BCUT2D eigenvalue weighted by molar-refractivity contribution is 0.780. The molecule has 0 unspecified atom stereocenters. The molecule has 3 N–H and O–H groups in total. The molecule has 0 spiro atoms. The molecule has 0 amide bonds. The average molecular weight is 164 g/mol. The summed E-state index contributed by atoms with van der Waals surface area (Å²) in [7, 11) is 1.77. The Morgan fingerprint density at radius 1 is 1.58 bits per heavy atom. The van der Waals surface area contributed by atoms with Crippen LogP contribution in [0.3, 0.4) is 0 Å². The molecule has 0 aliphatic carbocycles. The van der Waals surface area contributed by atoms with Gasteiger partial charge in [-0.15, -0.1) is 0 Å². The second kappa shape index (κ2) is 2.33. The molecular formula is C6H8N6. The summed E-state index contributed by atoms with van der Waals surface area (Å²) >= 11 is 0. The van der Waals surface area contributed by atoms with Crippen molar-refractivity contribution in [3.8, 4) is 11.5 Å². The molecule has 0 radical (unpaired) electrons. The van der Waals surface area contributed by atoms with E-state index >= 15 is 0 Å². The van der Waals surface area contributed by atoms with Gasteiger partial charge in [0.05, 0.1) is 0 Å². The Bertz CT molecular complexity index is 353. The van der Waals surface area contributed by atoms with Gasteiger partial charge in [0.1, 0.15) is 17.8 Å². The Hall–Kier alpha value is -1.85. The van der Waals surface area contributed by atoms with E-state index in [1.807, 2.05) is 0 Å². The third-order valence-corrected chi connectivity index (χ3v) is 1.57. The molecule has 0 saturated carbocycles. The van der Waals surface area contributed by atoms with E-state index in [4.69, 9.17) is 5.73 Å². The van der Waals surface area contributed by atoms with Crippen molar-refractivity contribution in [2.75, 3.05) is 5.73 Å². The number of H-pyrrole nitrogens is 1. The largest absolute Gasteiger partial charge is 0.384 e. The van der Waals surface area contributed by atoms with Crippen LogP contribution in [-0.2, 0) is 7.05 Å². The molecule has 62 valence electrons. The summed E-state index contributed by atoms with van der Waals surface area (Å²) in [6.07, 6.45) is 1.43. The standard InChI is InChI=1S/C6H8N6/c1-12-5(7)2-4(11-12)6-8-3-9-10-6/h2-3H,7H2,1H3,(H,8,9,10). The first kappa shape index (κ1) is 6.84. The van der Waals surface area contributed by atoms with E-state index in [0.717, 1.165) is 0 Å². The van der Waals surface area contributed by atoms with Gasteiger partial charge in [-0.05, 0) is 0 Å². The summed E-state index contributed by atoms with van der Waals surface area (Å²) < 4.78 is 1.58. The molecule has 0 fully saturated rings. The fourth-order valence-corrected chi connectivity index (χ4v) is 0.926. The molecule has 6 nitrogen and oxygen atoms in total. The average Bonchev–Trinajstić information content (AvgIpc) is 2.61. The lowest BCUT2D eigenvalue weighted by atomic mass is 10.4. The number of aromatic nitrogens is 5. The summed E-state index contributed by atoms with van der Waals surface area (Å²) in [5.41, 5.74) is 6.29. The number of nitrogens with one attached hydrogen (secondary N) is 1. The van der Waals surface area contributed by atoms with Crippen LogP contribution in [0.2, 0.25) is 0 Å². The summed E-state index contributed by atoms with van der Waals surface area (Å²) in [6, 6.07) is 1.74. The molecule has 12 heavy (non-hydrogen) atoms. The topological polar surface area (TPSA) is 85.4 Å². The number of nitrogens with two attached hydrogens (primary N) is 1. The van der Waals surface area contributed by atoms with E-state index in [0.29, 0.717) is 17.3 Å². The third-order valence-electron chi connectivity index (χ3n) is 1.57. The predicted octanol–water partition coefficient (Wildman–Crippen LogP) is -0.213. The first-order valence-electron chi connectivity index (χ1n) is 3.42. The van der Waals surface area contributed by atoms with Crippen LogP contribution in [0.15, 0.2) is 12.4 Å². The molecule has 0 aliphatic rings. The first-order valence-corrected chi connectivity index (χ1v) is 3.42. The smallest absolute Gasteiger partial charge is 0.176 e. The molecule has 2 rings (SSSR count). The summed E-state index contributed by atoms with van der Waals surface area (Å²) in [4.78, 5) is 3.94. The third kappa shape index (κ3) is 0.931. The van der Waals surface area contributed by atoms with Crippen LogP contribution < -0.4 is 5.73 Å². The molecule has 0 saturated heterocycles. The van der Waals surface area contributed by atoms with Crippen LogP contribution >= 0.6 is 0 Å². The highest BCUT2D eigenvalue weighted by atomic mass is 15.3. The summed E-state index contributed by atoms with van der Waals surface area (Å²) in [6.45, 7) is 0. The molecule has 6 heteroatoms. The zero-order valence-electron chi connectivity index (χ0n) is 6.52. The van der Waals surface area contributed by atoms with Gasteiger partial charge >= 0.3 is 0 Å². The van der Waals surface area contributed by atoms with Gasteiger partial charge in [-0.2, -0.15) is 10.2 Å². The van der Waals surface area contributed by atoms with Gasteiger partial charge in [-0.25, -0.2) is 4.98 Å². The zero-order valence-corrected chi connectivity index (χ0v) is 6.52. The maximum absolute atomic E-state index is 5.59. The highest BCUT2D eigenvalue weighted by molar-refractivity contribution is 5.53. The summed E-state index contributed by atoms with van der Waals surface area (Å²) in [5.74, 6) is 1.23. The number of nitrogen functional groups attached to an aromatic ring is 1. The maximum atomic E-state index is 5.59. The molecule has 2 heterocycles. The van der Waals surface area contributed by atoms with Gasteiger partial charge in [0.15, 0.2) is 5.82 Å². The Labute approximate surface area is 68.4 Å². The number of anilines is 1. The highest BCUT2D eigenvalue weighted by Gasteiger charge is 2.05. The first-order chi connectivity index (χ1) is 5.77. The number of nitrogens with zero attached hydrogens (tertiary/aromatic N) is 4. The van der Waals surface area contributed by atoms with E-state index in [1.165, 1.54) is 6.33 Å². The minimum absolute atomic E-state index is 0.599. The Balaban J connectivity index is 2.48. The number of rotatable bonds is 1. The quantitative estimate of drug-likeness (QED) is 0.610. The van der Waals surface area contributed by atoms with Crippen LogP contribution in [0.1, 0.15) is 0 Å². The predicted molar refractivity (Wildman–Crippen MR) is 43.0 cm³/mol. The fraction of sp³-hybridized carbons (Fsp3) is 0.167. The van der Waals surface area contributed by atoms with Crippen molar-refractivity contribution in [1.82, 2.24) is 25.0 Å². The van der Waals surface area contributed by atoms with E-state index in [-0.39, 0.29) is 0 Å². The highest BCUT2D eigenvalue weighted by Crippen LogP contribution is 2.13. The molecule has 0 aromatic carbocycles. The van der Waals surface area contributed by atoms with Crippen LogP contribution in [0.4, 0.5) is 5.82 Å². The normalized spacial score (nSPS) is 10.4. The SMILES string of the molecule is Cn1nc(-c2ncn[nH]2)cc1N. The number of hydrogen-bond acceptors (Lipinski definition) is 4. The van der Waals surface area contributed by atoms with E-state index in [9.17, 15) is 0 Å². The van der Waals surface area contributed by atoms with Crippen molar-refractivity contribution in [1.29, 1.82) is 0 Å². The van der Waals surface area contributed by atoms with Crippen molar-refractivity contribution in [3.63, 3.8) is 0 Å². The van der Waals surface area contributed by atoms with E-state index in [1.54, 1.807) is 17.8 Å². The Kier molecular flexibility index (Phi) is 1.33. The molecule has 0 atom stereocenters. The van der Waals surface area contributed by atoms with E-state index in [2.05, 4.69) is 20.3 Å². The molecule has 0 bridgehead atoms. The molecular weight excluding hydrogens is 156 g/mol. The second-order valence-corrected chi connectivity index (χ2v) is 2.41. The van der Waals surface area contributed by atoms with Crippen molar-refractivity contribution in [2.24, 2.45) is 7.05 Å². The van der Waals surface area contributed by atoms with Crippen LogP contribution in [0.25, 0.3) is 11.5 Å². The minimum atomic E-state index is 0.599. The van der Waals surface area contributed by atoms with Gasteiger partial charge < -0.3 is 5.73 Å². The molecule has 0 aliphatic heterocycles. The van der Waals surface area contributed by atoms with Crippen LogP contribution in [0.5, 0.6) is 0 Å². The Morgan fingerprint density at radius 3 is 2.92 bits per heavy atom. The van der Waals surface area contributed by atoms with Crippen LogP contribution in [-0.4, -0.2) is 25.0 Å². The van der Waals surface area contributed by atoms with Gasteiger partial charge in [0, 0.05) is 13.1 Å². The molecule has 2 aromatic rings. The zero-order chi connectivity index (χ0) is 8.55. The van der Waals surface area contributed by atoms with Crippen LogP contribution in [0, 0.1) is 0 Å². The van der Waals surface area contributed by atoms with Gasteiger partial charge in [0.25, 0.3) is 0 Å². The van der Waals surface area contributed by atoms with Gasteiger partial charge in [-0.3, -0.25) is 9.78 Å². The number of hydrogen-bond donors (Lipinski definition) is 2. The van der Waals surface area contributed by atoms with Crippen molar-refractivity contribution in [2.45, 2.75) is 0 Å². The van der Waals surface area contributed by atoms with Crippen molar-refractivity contribution < 1.29 is 0 Å². The minimum Gasteiger partial charge on any atom is -0.384 e. The molecule has 2 aromatic heterocycles. The number of aromatic amines is 1. The van der Waals surface area contributed by atoms with E-state index < -0.39 is 0 Å². The van der Waals surface area contributed by atoms with Crippen molar-refractivity contribution in [3.05, 3.63) is 12.4 Å². The van der Waals surface area contributed by atoms with Crippen molar-refractivity contribution >= 4 is 5.82 Å². The van der Waals surface area contributed by atoms with Gasteiger partial charge in [-0.1, -0.05) is 0 Å². The lowest BCUT2D eigenvalue weighted by Gasteiger charge is -1.88. The summed E-state index contributed by atoms with van der Waals surface area (Å²) in [5, 5.41) is 10.5. The monoisotopic (exact) mass is 164 g/mol. The second-order valence-electron chi connectivity index (χ2n) is 2.41.